The zero-order valence-electron chi connectivity index (χ0n) is 20.1. The third kappa shape index (κ3) is 4.06. The van der Waals surface area contributed by atoms with Crippen molar-refractivity contribution in [3.8, 4) is 49.9 Å². The Labute approximate surface area is 245 Å². The maximum Gasteiger partial charge on any atom is 0.263 e. The van der Waals surface area contributed by atoms with Crippen molar-refractivity contribution in [3.63, 3.8) is 0 Å². The quantitative estimate of drug-likeness (QED) is 0.151. The fourth-order valence-corrected chi connectivity index (χ4v) is 6.58. The van der Waals surface area contributed by atoms with Gasteiger partial charge < -0.3 is 9.47 Å². The Bertz CT molecular complexity index is 2100. The van der Waals surface area contributed by atoms with E-state index in [2.05, 4.69) is 4.85 Å². The van der Waals surface area contributed by atoms with Crippen molar-refractivity contribution in [2.45, 2.75) is 0 Å². The number of benzene rings is 3. The number of ether oxygens (including phenoxy) is 2. The van der Waals surface area contributed by atoms with E-state index in [4.69, 9.17) is 54.5 Å². The highest BCUT2D eigenvalue weighted by molar-refractivity contribution is 7.16. The van der Waals surface area contributed by atoms with Crippen molar-refractivity contribution in [2.75, 3.05) is 0 Å². The van der Waals surface area contributed by atoms with E-state index < -0.39 is 0 Å². The smallest absolute Gasteiger partial charge is 0.263 e. The molecular formula is C30H12Cl2N4O2S2. The molecule has 5 aromatic rings. The van der Waals surface area contributed by atoms with E-state index in [9.17, 15) is 0 Å². The lowest BCUT2D eigenvalue weighted by Gasteiger charge is -2.21. The number of allylic oxidation sites excluding steroid dienone is 1. The number of halogens is 2. The van der Waals surface area contributed by atoms with Crippen molar-refractivity contribution in [1.29, 1.82) is 5.26 Å². The first-order chi connectivity index (χ1) is 19.5. The number of thiophene rings is 2. The third-order valence-electron chi connectivity index (χ3n) is 6.28. The zero-order valence-corrected chi connectivity index (χ0v) is 23.3. The van der Waals surface area contributed by atoms with Gasteiger partial charge >= 0.3 is 0 Å². The summed E-state index contributed by atoms with van der Waals surface area (Å²) in [6.07, 6.45) is 1.57. The van der Waals surface area contributed by atoms with Gasteiger partial charge in [0.25, 0.3) is 5.70 Å². The molecule has 6 nitrogen and oxygen atoms in total. The Morgan fingerprint density at radius 1 is 0.875 bits per heavy atom. The molecule has 0 bridgehead atoms. The second-order valence-corrected chi connectivity index (χ2v) is 11.5. The molecule has 2 aromatic heterocycles. The lowest BCUT2D eigenvalue weighted by Crippen LogP contribution is -2.22. The molecule has 2 aliphatic rings. The van der Waals surface area contributed by atoms with Gasteiger partial charge in [0.15, 0.2) is 23.0 Å². The van der Waals surface area contributed by atoms with Crippen LogP contribution < -0.4 is 20.2 Å². The summed E-state index contributed by atoms with van der Waals surface area (Å²) in [4.78, 5) is 15.6. The largest absolute Gasteiger partial charge is 0.451 e. The molecule has 0 aliphatic carbocycles. The van der Waals surface area contributed by atoms with Crippen molar-refractivity contribution in [1.82, 2.24) is 0 Å². The number of rotatable bonds is 3. The SMILES string of the molecule is [C-]#[N+]/C(C#N)=C\c1ccc(-c2ccc3c(c2)Oc2c(Cl)c4c(c(Cl)c2=N3)Oc2cc(-c3cccs3)ccc2N=4)s1. The first-order valence-electron chi connectivity index (χ1n) is 11.8. The first kappa shape index (κ1) is 24.6. The monoisotopic (exact) mass is 594 g/mol. The van der Waals surface area contributed by atoms with Crippen molar-refractivity contribution in [2.24, 2.45) is 9.98 Å². The van der Waals surface area contributed by atoms with Crippen LogP contribution in [0, 0.1) is 17.9 Å². The van der Waals surface area contributed by atoms with E-state index in [1.807, 2.05) is 72.1 Å². The van der Waals surface area contributed by atoms with Crippen molar-refractivity contribution < 1.29 is 9.47 Å². The van der Waals surface area contributed by atoms with Gasteiger partial charge in [-0.3, -0.25) is 0 Å². The van der Waals surface area contributed by atoms with Crippen LogP contribution in [0.4, 0.5) is 11.4 Å². The second-order valence-electron chi connectivity index (χ2n) is 8.71. The Kier molecular flexibility index (Phi) is 5.92. The molecule has 0 radical (unpaired) electrons. The maximum absolute atomic E-state index is 9.05. The standard InChI is InChI=1S/C30H12Cl2N4O2S2/c1-34-17(14-33)13-18-6-9-24(40-18)16-5-8-20-22(12-16)38-30-26(32)27-29(25(31)28(30)36-20)37-21-11-15(4-7-19(21)35-27)23-3-2-10-39-23/h2-13H/b17-13-. The van der Waals surface area contributed by atoms with E-state index in [0.717, 1.165) is 25.8 Å². The van der Waals surface area contributed by atoms with Gasteiger partial charge in [-0.05, 0) is 65.0 Å². The van der Waals surface area contributed by atoms with Gasteiger partial charge in [0.2, 0.25) is 0 Å². The normalized spacial score (nSPS) is 12.7. The zero-order chi connectivity index (χ0) is 27.4. The van der Waals surface area contributed by atoms with Crippen LogP contribution in [-0.4, -0.2) is 0 Å². The Morgan fingerprint density at radius 2 is 1.50 bits per heavy atom. The molecule has 0 saturated carbocycles. The van der Waals surface area contributed by atoms with E-state index in [0.29, 0.717) is 45.1 Å². The molecule has 0 saturated heterocycles. The Hall–Kier alpha value is -4.44. The Balaban J connectivity index is 1.29. The van der Waals surface area contributed by atoms with Crippen LogP contribution in [0.25, 0.3) is 31.8 Å². The highest BCUT2D eigenvalue weighted by Crippen LogP contribution is 2.45. The molecule has 0 unspecified atom stereocenters. The molecule has 4 heterocycles. The summed E-state index contributed by atoms with van der Waals surface area (Å²) < 4.78 is 12.5. The lowest BCUT2D eigenvalue weighted by atomic mass is 10.1. The Morgan fingerprint density at radius 3 is 2.05 bits per heavy atom. The van der Waals surface area contributed by atoms with Gasteiger partial charge in [-0.25, -0.2) is 20.1 Å². The van der Waals surface area contributed by atoms with E-state index in [1.165, 1.54) is 11.3 Å². The molecule has 10 heteroatoms. The molecule has 2 aliphatic heterocycles. The van der Waals surface area contributed by atoms with Gasteiger partial charge in [-0.15, -0.1) is 22.7 Å². The minimum absolute atomic E-state index is 0.0346. The van der Waals surface area contributed by atoms with Crippen molar-refractivity contribution >= 4 is 63.3 Å². The molecule has 0 atom stereocenters. The van der Waals surface area contributed by atoms with E-state index in [-0.39, 0.29) is 15.7 Å². The minimum atomic E-state index is 0.0346. The van der Waals surface area contributed by atoms with E-state index >= 15 is 0 Å². The summed E-state index contributed by atoms with van der Waals surface area (Å²) in [6.45, 7) is 7.08. The first-order valence-corrected chi connectivity index (χ1v) is 14.2. The summed E-state index contributed by atoms with van der Waals surface area (Å²) >= 11 is 16.8. The summed E-state index contributed by atoms with van der Waals surface area (Å²) in [5.74, 6) is 1.75. The highest BCUT2D eigenvalue weighted by Gasteiger charge is 2.27. The average Bonchev–Trinajstić information content (AvgIpc) is 3.70. The molecule has 40 heavy (non-hydrogen) atoms. The summed E-state index contributed by atoms with van der Waals surface area (Å²) in [6, 6.07) is 21.2. The molecule has 0 fully saturated rings. The number of nitrogens with zero attached hydrogens (tertiary/aromatic N) is 4. The van der Waals surface area contributed by atoms with Crippen molar-refractivity contribution in [3.05, 3.63) is 109 Å². The van der Waals surface area contributed by atoms with Gasteiger partial charge in [-0.2, -0.15) is 0 Å². The fourth-order valence-electron chi connectivity index (χ4n) is 4.40. The molecule has 0 spiro atoms. The number of nitriles is 1. The van der Waals surface area contributed by atoms with Gasteiger partial charge in [0.05, 0.1) is 12.6 Å². The fraction of sp³-hybridized carbons (Fsp3) is 0. The van der Waals surface area contributed by atoms with Crippen LogP contribution in [0.1, 0.15) is 4.88 Å². The van der Waals surface area contributed by atoms with E-state index in [1.54, 1.807) is 17.4 Å². The van der Waals surface area contributed by atoms with Gasteiger partial charge in [0.1, 0.15) is 32.1 Å². The molecule has 7 rings (SSSR count). The van der Waals surface area contributed by atoms with Gasteiger partial charge in [0, 0.05) is 14.6 Å². The predicted octanol–water partition coefficient (Wildman–Crippen LogP) is 9.35. The average molecular weight is 595 g/mol. The second kappa shape index (κ2) is 9.63. The highest BCUT2D eigenvalue weighted by atomic mass is 35.5. The lowest BCUT2D eigenvalue weighted by molar-refractivity contribution is 0.451. The topological polar surface area (TPSA) is 71.3 Å². The molecule has 0 N–H and O–H groups in total. The number of hydrogen-bond donors (Lipinski definition) is 0. The van der Waals surface area contributed by atoms with Crippen LogP contribution in [0.15, 0.2) is 81.7 Å². The third-order valence-corrected chi connectivity index (χ3v) is 8.99. The maximum atomic E-state index is 9.05. The van der Waals surface area contributed by atoms with Crippen LogP contribution in [0.2, 0.25) is 10.0 Å². The molecular weight excluding hydrogens is 583 g/mol. The van der Waals surface area contributed by atoms with Crippen LogP contribution in [0.5, 0.6) is 23.0 Å². The summed E-state index contributed by atoms with van der Waals surface area (Å²) in [7, 11) is 0. The molecule has 3 aromatic carbocycles. The molecule has 0 amide bonds. The predicted molar refractivity (Wildman–Crippen MR) is 158 cm³/mol. The van der Waals surface area contributed by atoms with Crippen LogP contribution >= 0.6 is 45.9 Å². The van der Waals surface area contributed by atoms with Crippen LogP contribution in [-0.2, 0) is 0 Å². The van der Waals surface area contributed by atoms with Gasteiger partial charge in [-0.1, -0.05) is 41.4 Å². The van der Waals surface area contributed by atoms with Crippen LogP contribution in [0.3, 0.4) is 0 Å². The summed E-state index contributed by atoms with van der Waals surface area (Å²) in [5, 5.41) is 12.4. The number of hydrogen-bond acceptors (Lipinski definition) is 7. The molecule has 190 valence electrons. The number of fused-ring (bicyclic) bond motifs is 4. The summed E-state index contributed by atoms with van der Waals surface area (Å²) in [5.41, 5.74) is 3.19. The minimum Gasteiger partial charge on any atom is -0.451 e.